The number of nitrogens with zero attached hydrogens (tertiary/aromatic N) is 3. The lowest BCUT2D eigenvalue weighted by atomic mass is 10.1. The van der Waals surface area contributed by atoms with Gasteiger partial charge in [0.2, 0.25) is 5.91 Å². The first kappa shape index (κ1) is 18.1. The highest BCUT2D eigenvalue weighted by Crippen LogP contribution is 2.32. The van der Waals surface area contributed by atoms with Gasteiger partial charge in [0.1, 0.15) is 11.6 Å². The Bertz CT molecular complexity index is 926. The highest BCUT2D eigenvalue weighted by molar-refractivity contribution is 7.71. The zero-order chi connectivity index (χ0) is 19.0. The van der Waals surface area contributed by atoms with Crippen LogP contribution in [0.3, 0.4) is 0 Å². The number of hydrogen-bond donors (Lipinski definition) is 1. The highest BCUT2D eigenvalue weighted by Gasteiger charge is 2.31. The molecular weight excluding hydrogens is 367 g/mol. The summed E-state index contributed by atoms with van der Waals surface area (Å²) in [5.41, 5.74) is 2.09. The molecule has 142 valence electrons. The van der Waals surface area contributed by atoms with Crippen LogP contribution in [0, 0.1) is 10.5 Å². The number of rotatable bonds is 3. The summed E-state index contributed by atoms with van der Waals surface area (Å²) in [6, 6.07) is 7.98. The van der Waals surface area contributed by atoms with Crippen molar-refractivity contribution in [3.05, 3.63) is 46.1 Å². The van der Waals surface area contributed by atoms with Crippen LogP contribution in [0.5, 0.6) is 0 Å². The topological polar surface area (TPSA) is 61.5 Å². The smallest absolute Gasteiger partial charge is 0.234 e. The quantitative estimate of drug-likeness (QED) is 0.819. The average molecular weight is 388 g/mol. The van der Waals surface area contributed by atoms with Gasteiger partial charge >= 0.3 is 0 Å². The maximum absolute atomic E-state index is 14.5. The Morgan fingerprint density at radius 2 is 2.11 bits per heavy atom. The molecule has 1 amide bonds. The molecule has 1 aromatic carbocycles. The Morgan fingerprint density at radius 3 is 2.89 bits per heavy atom. The normalized spacial score (nSPS) is 19.3. The summed E-state index contributed by atoms with van der Waals surface area (Å²) < 4.78 is 19.7. The summed E-state index contributed by atoms with van der Waals surface area (Å²) in [7, 11) is 0. The number of aromatic amines is 1. The van der Waals surface area contributed by atoms with Gasteiger partial charge in [0, 0.05) is 24.8 Å². The molecule has 2 aliphatic rings. The molecule has 1 unspecified atom stereocenters. The average Bonchev–Trinajstić information content (AvgIpc) is 3.01. The van der Waals surface area contributed by atoms with Gasteiger partial charge in [-0.1, -0.05) is 30.4 Å². The van der Waals surface area contributed by atoms with Crippen molar-refractivity contribution in [2.45, 2.75) is 25.8 Å². The molecule has 4 rings (SSSR count). The van der Waals surface area contributed by atoms with Gasteiger partial charge in [-0.25, -0.2) is 4.98 Å². The molecule has 2 aliphatic heterocycles. The number of amides is 1. The van der Waals surface area contributed by atoms with E-state index in [9.17, 15) is 9.18 Å². The number of H-pyrrole nitrogens is 1. The molecule has 1 atom stereocenters. The number of anilines is 2. The van der Waals surface area contributed by atoms with Gasteiger partial charge in [-0.05, 0) is 25.0 Å². The molecule has 0 saturated carbocycles. The van der Waals surface area contributed by atoms with Gasteiger partial charge < -0.3 is 19.5 Å². The fraction of sp³-hybridized carbons (Fsp3) is 0.421. The molecular formula is C19H21FN4O2S. The number of carbonyl (C=O) groups is 1. The number of para-hydroxylation sites is 1. The number of hydrogen-bond acceptors (Lipinski definition) is 5. The van der Waals surface area contributed by atoms with E-state index >= 15 is 0 Å². The lowest BCUT2D eigenvalue weighted by Crippen LogP contribution is -2.38. The fourth-order valence-electron chi connectivity index (χ4n) is 3.76. The maximum Gasteiger partial charge on any atom is 0.234 e. The maximum atomic E-state index is 14.5. The second-order valence-corrected chi connectivity index (χ2v) is 7.26. The minimum atomic E-state index is -0.553. The largest absolute Gasteiger partial charge is 0.378 e. The van der Waals surface area contributed by atoms with Crippen LogP contribution >= 0.6 is 12.2 Å². The summed E-state index contributed by atoms with van der Waals surface area (Å²) in [5, 5.41) is 0. The molecule has 1 fully saturated rings. The first-order valence-electron chi connectivity index (χ1n) is 9.06. The Hall–Kier alpha value is -2.32. The molecule has 1 aromatic heterocycles. The van der Waals surface area contributed by atoms with E-state index in [2.05, 4.69) is 9.97 Å². The third kappa shape index (κ3) is 3.46. The standard InChI is InChI=1S/C19H21FN4O2S/c1-12-10-13-4-2-3-5-14(13)24(12)16(25)11-15-21-18(17(20)19(27)22-15)23-6-8-26-9-7-23/h2-5,12H,6-11H2,1H3,(H,21,22,27). The van der Waals surface area contributed by atoms with Gasteiger partial charge in [0.25, 0.3) is 0 Å². The van der Waals surface area contributed by atoms with Crippen LogP contribution in [0.2, 0.25) is 0 Å². The number of fused-ring (bicyclic) bond motifs is 1. The number of aromatic nitrogens is 2. The zero-order valence-corrected chi connectivity index (χ0v) is 15.9. The summed E-state index contributed by atoms with van der Waals surface area (Å²) in [5.74, 6) is 0.0357. The summed E-state index contributed by atoms with van der Waals surface area (Å²) in [4.78, 5) is 23.7. The molecule has 1 N–H and O–H groups in total. The van der Waals surface area contributed by atoms with Crippen LogP contribution in [0.15, 0.2) is 24.3 Å². The minimum absolute atomic E-state index is 0.0416. The van der Waals surface area contributed by atoms with Crippen molar-refractivity contribution < 1.29 is 13.9 Å². The van der Waals surface area contributed by atoms with E-state index in [-0.39, 0.29) is 28.8 Å². The van der Waals surface area contributed by atoms with Crippen LogP contribution in [0.1, 0.15) is 18.3 Å². The Kier molecular flexibility index (Phi) is 4.92. The van der Waals surface area contributed by atoms with Gasteiger partial charge in [0.05, 0.1) is 19.6 Å². The number of morpholine rings is 1. The van der Waals surface area contributed by atoms with E-state index in [1.54, 1.807) is 4.90 Å². The van der Waals surface area contributed by atoms with E-state index < -0.39 is 5.82 Å². The van der Waals surface area contributed by atoms with Crippen molar-refractivity contribution in [2.75, 3.05) is 36.1 Å². The van der Waals surface area contributed by atoms with Crippen LogP contribution < -0.4 is 9.80 Å². The van der Waals surface area contributed by atoms with Crippen LogP contribution in [0.25, 0.3) is 0 Å². The third-order valence-electron chi connectivity index (χ3n) is 5.02. The predicted octanol–water partition coefficient (Wildman–Crippen LogP) is 2.64. The SMILES string of the molecule is CC1Cc2ccccc2N1C(=O)Cc1nc(=S)c(F)c(N2CCOCC2)[nH]1. The Balaban J connectivity index is 1.60. The van der Waals surface area contributed by atoms with E-state index in [4.69, 9.17) is 17.0 Å². The van der Waals surface area contributed by atoms with Gasteiger partial charge in [0.15, 0.2) is 10.5 Å². The molecule has 2 aromatic rings. The Morgan fingerprint density at radius 1 is 1.37 bits per heavy atom. The summed E-state index contributed by atoms with van der Waals surface area (Å²) in [6.07, 6.45) is 0.869. The van der Waals surface area contributed by atoms with Crippen LogP contribution in [-0.2, 0) is 22.4 Å². The second-order valence-electron chi connectivity index (χ2n) is 6.87. The van der Waals surface area contributed by atoms with E-state index in [0.717, 1.165) is 17.7 Å². The number of halogens is 1. The van der Waals surface area contributed by atoms with Crippen molar-refractivity contribution in [1.82, 2.24) is 9.97 Å². The fourth-order valence-corrected chi connectivity index (χ4v) is 3.96. The first-order chi connectivity index (χ1) is 13.0. The van der Waals surface area contributed by atoms with E-state index in [1.807, 2.05) is 36.1 Å². The molecule has 0 radical (unpaired) electrons. The molecule has 6 nitrogen and oxygen atoms in total. The van der Waals surface area contributed by atoms with E-state index in [0.29, 0.717) is 32.1 Å². The number of ether oxygens (including phenoxy) is 1. The monoisotopic (exact) mass is 388 g/mol. The molecule has 0 bridgehead atoms. The Labute approximate surface area is 162 Å². The van der Waals surface area contributed by atoms with Crippen molar-refractivity contribution in [2.24, 2.45) is 0 Å². The molecule has 27 heavy (non-hydrogen) atoms. The lowest BCUT2D eigenvalue weighted by Gasteiger charge is -2.29. The number of nitrogens with one attached hydrogen (secondary N) is 1. The number of carbonyl (C=O) groups excluding carboxylic acids is 1. The second kappa shape index (κ2) is 7.36. The summed E-state index contributed by atoms with van der Waals surface area (Å²) >= 11 is 5.08. The molecule has 0 aliphatic carbocycles. The first-order valence-corrected chi connectivity index (χ1v) is 9.47. The van der Waals surface area contributed by atoms with Gasteiger partial charge in [-0.2, -0.15) is 4.39 Å². The van der Waals surface area contributed by atoms with E-state index in [1.165, 1.54) is 0 Å². The predicted molar refractivity (Wildman–Crippen MR) is 103 cm³/mol. The van der Waals surface area contributed by atoms with Crippen molar-refractivity contribution in [3.63, 3.8) is 0 Å². The van der Waals surface area contributed by atoms with Gasteiger partial charge in [-0.15, -0.1) is 0 Å². The molecule has 0 spiro atoms. The molecule has 1 saturated heterocycles. The molecule has 8 heteroatoms. The number of benzene rings is 1. The third-order valence-corrected chi connectivity index (χ3v) is 5.29. The lowest BCUT2D eigenvalue weighted by molar-refractivity contribution is -0.118. The van der Waals surface area contributed by atoms with Crippen molar-refractivity contribution >= 4 is 29.6 Å². The van der Waals surface area contributed by atoms with Crippen LogP contribution in [0.4, 0.5) is 15.9 Å². The minimum Gasteiger partial charge on any atom is -0.378 e. The zero-order valence-electron chi connectivity index (χ0n) is 15.1. The van der Waals surface area contributed by atoms with Gasteiger partial charge in [-0.3, -0.25) is 4.79 Å². The van der Waals surface area contributed by atoms with Crippen molar-refractivity contribution in [3.8, 4) is 0 Å². The molecule has 3 heterocycles. The highest BCUT2D eigenvalue weighted by atomic mass is 32.1. The van der Waals surface area contributed by atoms with Crippen LogP contribution in [-0.4, -0.2) is 48.2 Å². The van der Waals surface area contributed by atoms with Crippen molar-refractivity contribution in [1.29, 1.82) is 0 Å². The summed E-state index contributed by atoms with van der Waals surface area (Å²) in [6.45, 7) is 4.21.